The van der Waals surface area contributed by atoms with E-state index in [0.29, 0.717) is 6.04 Å². The van der Waals surface area contributed by atoms with Crippen LogP contribution in [0.25, 0.3) is 0 Å². The Balaban J connectivity index is 1.85. The lowest BCUT2D eigenvalue weighted by molar-refractivity contribution is 0.0958. The van der Waals surface area contributed by atoms with Crippen LogP contribution in [-0.4, -0.2) is 36.1 Å². The van der Waals surface area contributed by atoms with Crippen LogP contribution in [0.15, 0.2) is 0 Å². The average Bonchev–Trinajstić information content (AvgIpc) is 2.93. The Morgan fingerprint density at radius 3 is 2.71 bits per heavy atom. The van der Waals surface area contributed by atoms with Crippen LogP contribution in [0.1, 0.15) is 40.0 Å². The molecule has 0 aromatic heterocycles. The molecule has 0 aromatic carbocycles. The molecule has 1 heterocycles. The lowest BCUT2D eigenvalue weighted by atomic mass is 10.0. The van der Waals surface area contributed by atoms with Gasteiger partial charge in [0, 0.05) is 31.2 Å². The molecule has 0 amide bonds. The predicted molar refractivity (Wildman–Crippen MR) is 60.4 cm³/mol. The van der Waals surface area contributed by atoms with Crippen molar-refractivity contribution in [3.05, 3.63) is 0 Å². The first-order valence-electron chi connectivity index (χ1n) is 6.16. The molecule has 2 rings (SSSR count). The first kappa shape index (κ1) is 10.4. The van der Waals surface area contributed by atoms with Crippen LogP contribution >= 0.6 is 0 Å². The minimum Gasteiger partial charge on any atom is -0.311 e. The van der Waals surface area contributed by atoms with Gasteiger partial charge in [0.05, 0.1) is 0 Å². The fourth-order valence-corrected chi connectivity index (χ4v) is 2.64. The van der Waals surface area contributed by atoms with Gasteiger partial charge in [0.15, 0.2) is 0 Å². The van der Waals surface area contributed by atoms with Gasteiger partial charge in [-0.05, 0) is 33.1 Å². The predicted octanol–water partition coefficient (Wildman–Crippen LogP) is 1.86. The summed E-state index contributed by atoms with van der Waals surface area (Å²) < 4.78 is 0. The van der Waals surface area contributed by atoms with E-state index in [4.69, 9.17) is 0 Å². The van der Waals surface area contributed by atoms with E-state index in [9.17, 15) is 0 Å². The van der Waals surface area contributed by atoms with Gasteiger partial charge < -0.3 is 5.32 Å². The molecular weight excluding hydrogens is 172 g/mol. The third-order valence-electron chi connectivity index (χ3n) is 3.75. The molecule has 0 radical (unpaired) electrons. The Bertz CT molecular complexity index is 189. The smallest absolute Gasteiger partial charge is 0.0195 e. The van der Waals surface area contributed by atoms with Gasteiger partial charge in [-0.3, -0.25) is 4.90 Å². The molecule has 2 aliphatic rings. The van der Waals surface area contributed by atoms with E-state index in [1.165, 1.54) is 25.8 Å². The van der Waals surface area contributed by atoms with Crippen molar-refractivity contribution < 1.29 is 0 Å². The monoisotopic (exact) mass is 196 g/mol. The van der Waals surface area contributed by atoms with Crippen LogP contribution in [0.4, 0.5) is 0 Å². The Hall–Kier alpha value is -0.0800. The van der Waals surface area contributed by atoms with E-state index in [-0.39, 0.29) is 0 Å². The molecule has 0 spiro atoms. The number of rotatable bonds is 3. The second-order valence-corrected chi connectivity index (χ2v) is 5.38. The maximum atomic E-state index is 3.54. The molecule has 2 heteroatoms. The van der Waals surface area contributed by atoms with E-state index in [2.05, 4.69) is 31.0 Å². The van der Waals surface area contributed by atoms with Crippen molar-refractivity contribution in [2.75, 3.05) is 13.1 Å². The molecule has 1 aliphatic carbocycles. The third-order valence-corrected chi connectivity index (χ3v) is 3.75. The molecule has 3 unspecified atom stereocenters. The molecule has 3 atom stereocenters. The average molecular weight is 196 g/mol. The Kier molecular flexibility index (Phi) is 3.13. The highest BCUT2D eigenvalue weighted by Crippen LogP contribution is 2.35. The van der Waals surface area contributed by atoms with E-state index >= 15 is 0 Å². The minimum absolute atomic E-state index is 0.674. The Morgan fingerprint density at radius 1 is 1.36 bits per heavy atom. The molecule has 1 saturated heterocycles. The van der Waals surface area contributed by atoms with Crippen molar-refractivity contribution in [1.29, 1.82) is 0 Å². The van der Waals surface area contributed by atoms with Crippen molar-refractivity contribution in [3.63, 3.8) is 0 Å². The minimum atomic E-state index is 0.674. The molecule has 14 heavy (non-hydrogen) atoms. The van der Waals surface area contributed by atoms with Crippen molar-refractivity contribution in [3.8, 4) is 0 Å². The summed E-state index contributed by atoms with van der Waals surface area (Å²) in [5.74, 6) is 1.06. The van der Waals surface area contributed by atoms with Crippen LogP contribution in [0, 0.1) is 5.92 Å². The zero-order valence-electron chi connectivity index (χ0n) is 9.79. The summed E-state index contributed by atoms with van der Waals surface area (Å²) in [7, 11) is 0. The summed E-state index contributed by atoms with van der Waals surface area (Å²) in [4.78, 5) is 2.69. The van der Waals surface area contributed by atoms with Gasteiger partial charge in [0.2, 0.25) is 0 Å². The van der Waals surface area contributed by atoms with Crippen LogP contribution in [0.2, 0.25) is 0 Å². The summed E-state index contributed by atoms with van der Waals surface area (Å²) >= 11 is 0. The molecule has 82 valence electrons. The summed E-state index contributed by atoms with van der Waals surface area (Å²) in [5, 5.41) is 3.54. The fraction of sp³-hybridized carbons (Fsp3) is 1.00. The van der Waals surface area contributed by atoms with Gasteiger partial charge >= 0.3 is 0 Å². The SMILES string of the molecule is CC1CN(C(C)CC2CC2)C(C)CN1. The van der Waals surface area contributed by atoms with Crippen molar-refractivity contribution in [2.24, 2.45) is 5.92 Å². The first-order valence-corrected chi connectivity index (χ1v) is 6.16. The number of hydrogen-bond acceptors (Lipinski definition) is 2. The maximum absolute atomic E-state index is 3.54. The third kappa shape index (κ3) is 2.48. The van der Waals surface area contributed by atoms with Gasteiger partial charge in [0.25, 0.3) is 0 Å². The van der Waals surface area contributed by atoms with E-state index < -0.39 is 0 Å². The standard InChI is InChI=1S/C12H24N2/c1-9-8-14(11(3)7-13-9)10(2)6-12-4-5-12/h9-13H,4-8H2,1-3H3. The lowest BCUT2D eigenvalue weighted by Crippen LogP contribution is -2.57. The van der Waals surface area contributed by atoms with Crippen LogP contribution in [0.3, 0.4) is 0 Å². The summed E-state index contributed by atoms with van der Waals surface area (Å²) in [5.41, 5.74) is 0. The second kappa shape index (κ2) is 4.19. The van der Waals surface area contributed by atoms with Crippen LogP contribution < -0.4 is 5.32 Å². The second-order valence-electron chi connectivity index (χ2n) is 5.38. The zero-order valence-corrected chi connectivity index (χ0v) is 9.79. The van der Waals surface area contributed by atoms with Gasteiger partial charge in [-0.15, -0.1) is 0 Å². The number of nitrogens with zero attached hydrogens (tertiary/aromatic N) is 1. The molecule has 1 N–H and O–H groups in total. The van der Waals surface area contributed by atoms with Crippen molar-refractivity contribution >= 4 is 0 Å². The fourth-order valence-electron chi connectivity index (χ4n) is 2.64. The zero-order chi connectivity index (χ0) is 10.1. The summed E-state index contributed by atoms with van der Waals surface area (Å²) in [6.07, 6.45) is 4.40. The number of hydrogen-bond donors (Lipinski definition) is 1. The maximum Gasteiger partial charge on any atom is 0.0195 e. The highest BCUT2D eigenvalue weighted by molar-refractivity contribution is 4.87. The van der Waals surface area contributed by atoms with E-state index in [0.717, 1.165) is 24.5 Å². The van der Waals surface area contributed by atoms with Crippen molar-refractivity contribution in [2.45, 2.75) is 58.2 Å². The van der Waals surface area contributed by atoms with E-state index in [1.54, 1.807) is 0 Å². The quantitative estimate of drug-likeness (QED) is 0.741. The Morgan fingerprint density at radius 2 is 2.07 bits per heavy atom. The number of nitrogens with one attached hydrogen (secondary N) is 1. The molecular formula is C12H24N2. The summed E-state index contributed by atoms with van der Waals surface area (Å²) in [6.45, 7) is 9.45. The molecule has 1 saturated carbocycles. The highest BCUT2D eigenvalue weighted by Gasteiger charge is 2.30. The molecule has 2 nitrogen and oxygen atoms in total. The number of piperazine rings is 1. The topological polar surface area (TPSA) is 15.3 Å². The summed E-state index contributed by atoms with van der Waals surface area (Å²) in [6, 6.07) is 2.19. The highest BCUT2D eigenvalue weighted by atomic mass is 15.2. The van der Waals surface area contributed by atoms with Crippen molar-refractivity contribution in [1.82, 2.24) is 10.2 Å². The van der Waals surface area contributed by atoms with Gasteiger partial charge in [-0.1, -0.05) is 12.8 Å². The van der Waals surface area contributed by atoms with Crippen LogP contribution in [0.5, 0.6) is 0 Å². The van der Waals surface area contributed by atoms with E-state index in [1.807, 2.05) is 0 Å². The normalized spacial score (nSPS) is 37.1. The van der Waals surface area contributed by atoms with Gasteiger partial charge in [0.1, 0.15) is 0 Å². The first-order chi connectivity index (χ1) is 6.66. The molecule has 0 bridgehead atoms. The van der Waals surface area contributed by atoms with Gasteiger partial charge in [-0.2, -0.15) is 0 Å². The van der Waals surface area contributed by atoms with Crippen LogP contribution in [-0.2, 0) is 0 Å². The lowest BCUT2D eigenvalue weighted by Gasteiger charge is -2.41. The largest absolute Gasteiger partial charge is 0.311 e. The molecule has 2 fully saturated rings. The Labute approximate surface area is 88.1 Å². The molecule has 1 aliphatic heterocycles. The van der Waals surface area contributed by atoms with Gasteiger partial charge in [-0.25, -0.2) is 0 Å². The molecule has 0 aromatic rings.